The number of benzene rings is 1. The molecule has 1 aromatic carbocycles. The monoisotopic (exact) mass is 411 g/mol. The Labute approximate surface area is 171 Å². The van der Waals surface area contributed by atoms with Crippen LogP contribution < -0.4 is 5.73 Å². The molecule has 0 unspecified atom stereocenters. The molecule has 3 nitrogen and oxygen atoms in total. The summed E-state index contributed by atoms with van der Waals surface area (Å²) in [6.07, 6.45) is 1.79. The second kappa shape index (κ2) is 7.31. The van der Waals surface area contributed by atoms with Crippen molar-refractivity contribution in [3.05, 3.63) is 76.5 Å². The number of pyridine rings is 2. The summed E-state index contributed by atoms with van der Waals surface area (Å²) in [7, 11) is 0. The number of nitrogens with two attached hydrogens (primary N) is 1. The van der Waals surface area contributed by atoms with Gasteiger partial charge in [-0.15, -0.1) is 11.3 Å². The Morgan fingerprint density at radius 1 is 0.815 bits per heavy atom. The lowest BCUT2D eigenvalue weighted by Gasteiger charge is -2.07. The van der Waals surface area contributed by atoms with Crippen molar-refractivity contribution in [2.24, 2.45) is 0 Å². The van der Waals surface area contributed by atoms with E-state index in [1.807, 2.05) is 43.3 Å². The summed E-state index contributed by atoms with van der Waals surface area (Å²) in [4.78, 5) is 11.1. The van der Waals surface area contributed by atoms with Crippen LogP contribution >= 0.6 is 34.5 Å². The van der Waals surface area contributed by atoms with Gasteiger partial charge in [0.1, 0.15) is 5.82 Å². The standard InChI is InChI=1S/C21H15Cl2N3S/c1-12-8-15(13-2-4-16(22)17(23)9-13)10-18(26-12)20-6-5-19(27-20)14-3-7-21(24)25-11-14/h2-11H,1H3,(H2,24,25). The van der Waals surface area contributed by atoms with Crippen molar-refractivity contribution in [1.29, 1.82) is 0 Å². The summed E-state index contributed by atoms with van der Waals surface area (Å²) < 4.78 is 0. The van der Waals surface area contributed by atoms with Crippen LogP contribution in [-0.4, -0.2) is 9.97 Å². The number of aryl methyl sites for hydroxylation is 1. The maximum Gasteiger partial charge on any atom is 0.123 e. The molecule has 0 saturated heterocycles. The number of hydrogen-bond acceptors (Lipinski definition) is 4. The summed E-state index contributed by atoms with van der Waals surface area (Å²) in [6.45, 7) is 1.99. The second-order valence-electron chi connectivity index (χ2n) is 6.15. The third-order valence-corrected chi connectivity index (χ3v) is 6.03. The van der Waals surface area contributed by atoms with Gasteiger partial charge in [0, 0.05) is 22.3 Å². The molecule has 2 N–H and O–H groups in total. The SMILES string of the molecule is Cc1cc(-c2ccc(Cl)c(Cl)c2)cc(-c2ccc(-c3ccc(N)nc3)s2)n1. The second-order valence-corrected chi connectivity index (χ2v) is 8.05. The fourth-order valence-electron chi connectivity index (χ4n) is 2.82. The van der Waals surface area contributed by atoms with Crippen LogP contribution in [0.5, 0.6) is 0 Å². The topological polar surface area (TPSA) is 51.8 Å². The van der Waals surface area contributed by atoms with Gasteiger partial charge in [-0.2, -0.15) is 0 Å². The van der Waals surface area contributed by atoms with Crippen molar-refractivity contribution < 1.29 is 0 Å². The molecule has 134 valence electrons. The zero-order valence-electron chi connectivity index (χ0n) is 14.4. The van der Waals surface area contributed by atoms with E-state index in [4.69, 9.17) is 33.9 Å². The van der Waals surface area contributed by atoms with E-state index >= 15 is 0 Å². The molecule has 0 aliphatic carbocycles. The third-order valence-electron chi connectivity index (χ3n) is 4.14. The Balaban J connectivity index is 1.73. The van der Waals surface area contributed by atoms with E-state index in [1.165, 1.54) is 0 Å². The molecule has 0 radical (unpaired) electrons. The third kappa shape index (κ3) is 3.83. The molecule has 27 heavy (non-hydrogen) atoms. The summed E-state index contributed by atoms with van der Waals surface area (Å²) in [5, 5.41) is 1.09. The van der Waals surface area contributed by atoms with E-state index in [1.54, 1.807) is 17.5 Å². The highest BCUT2D eigenvalue weighted by Gasteiger charge is 2.10. The molecule has 0 spiro atoms. The van der Waals surface area contributed by atoms with Gasteiger partial charge in [-0.25, -0.2) is 4.98 Å². The first-order valence-corrected chi connectivity index (χ1v) is 9.83. The maximum atomic E-state index is 6.18. The molecule has 6 heteroatoms. The molecule has 3 aromatic heterocycles. The predicted molar refractivity (Wildman–Crippen MR) is 115 cm³/mol. The molecular formula is C21H15Cl2N3S. The number of nitrogens with zero attached hydrogens (tertiary/aromatic N) is 2. The average Bonchev–Trinajstić information content (AvgIpc) is 3.14. The van der Waals surface area contributed by atoms with Crippen molar-refractivity contribution in [2.75, 3.05) is 5.73 Å². The van der Waals surface area contributed by atoms with Crippen LogP contribution in [0.3, 0.4) is 0 Å². The average molecular weight is 412 g/mol. The lowest BCUT2D eigenvalue weighted by atomic mass is 10.0. The number of thiophene rings is 1. The van der Waals surface area contributed by atoms with Crippen LogP contribution in [0, 0.1) is 6.92 Å². The Morgan fingerprint density at radius 3 is 2.33 bits per heavy atom. The Hall–Kier alpha value is -2.40. The highest BCUT2D eigenvalue weighted by atomic mass is 35.5. The largest absolute Gasteiger partial charge is 0.384 e. The number of halogens is 2. The van der Waals surface area contributed by atoms with Gasteiger partial charge in [-0.1, -0.05) is 29.3 Å². The highest BCUT2D eigenvalue weighted by molar-refractivity contribution is 7.18. The summed E-state index contributed by atoms with van der Waals surface area (Å²) in [5.74, 6) is 0.516. The van der Waals surface area contributed by atoms with E-state index < -0.39 is 0 Å². The van der Waals surface area contributed by atoms with E-state index in [2.05, 4.69) is 23.2 Å². The minimum absolute atomic E-state index is 0.516. The lowest BCUT2D eigenvalue weighted by Crippen LogP contribution is -1.88. The van der Waals surface area contributed by atoms with Crippen molar-refractivity contribution >= 4 is 40.4 Å². The highest BCUT2D eigenvalue weighted by Crippen LogP contribution is 2.36. The van der Waals surface area contributed by atoms with Gasteiger partial charge >= 0.3 is 0 Å². The summed E-state index contributed by atoms with van der Waals surface area (Å²) in [5.41, 5.74) is 10.6. The predicted octanol–water partition coefficient (Wildman–Crippen LogP) is 6.74. The van der Waals surface area contributed by atoms with E-state index in [0.717, 1.165) is 37.8 Å². The Morgan fingerprint density at radius 2 is 1.59 bits per heavy atom. The van der Waals surface area contributed by atoms with Gasteiger partial charge in [-0.3, -0.25) is 4.98 Å². The number of aromatic nitrogens is 2. The number of nitrogen functional groups attached to an aromatic ring is 1. The summed E-state index contributed by atoms with van der Waals surface area (Å²) in [6, 6.07) is 17.7. The van der Waals surface area contributed by atoms with Crippen molar-refractivity contribution in [3.63, 3.8) is 0 Å². The zero-order valence-corrected chi connectivity index (χ0v) is 16.7. The molecule has 4 rings (SSSR count). The van der Waals surface area contributed by atoms with Crippen LogP contribution in [0.15, 0.2) is 60.8 Å². The maximum absolute atomic E-state index is 6.18. The number of hydrogen-bond donors (Lipinski definition) is 1. The molecule has 0 amide bonds. The van der Waals surface area contributed by atoms with E-state index in [0.29, 0.717) is 15.9 Å². The minimum Gasteiger partial charge on any atom is -0.384 e. The quantitative estimate of drug-likeness (QED) is 0.406. The molecule has 0 fully saturated rings. The van der Waals surface area contributed by atoms with Gasteiger partial charge in [0.05, 0.1) is 20.6 Å². The van der Waals surface area contributed by atoms with Gasteiger partial charge in [0.2, 0.25) is 0 Å². The lowest BCUT2D eigenvalue weighted by molar-refractivity contribution is 1.21. The molecule has 4 aromatic rings. The minimum atomic E-state index is 0.516. The molecule has 0 bridgehead atoms. The normalized spacial score (nSPS) is 10.9. The van der Waals surface area contributed by atoms with Crippen LogP contribution in [0.25, 0.3) is 32.1 Å². The van der Waals surface area contributed by atoms with Crippen molar-refractivity contribution in [3.8, 4) is 32.1 Å². The van der Waals surface area contributed by atoms with Gasteiger partial charge in [0.25, 0.3) is 0 Å². The fourth-order valence-corrected chi connectivity index (χ4v) is 4.07. The van der Waals surface area contributed by atoms with Gasteiger partial charge in [0.15, 0.2) is 0 Å². The number of rotatable bonds is 3. The number of anilines is 1. The molecule has 0 aliphatic rings. The van der Waals surface area contributed by atoms with Gasteiger partial charge < -0.3 is 5.73 Å². The van der Waals surface area contributed by atoms with Crippen molar-refractivity contribution in [2.45, 2.75) is 6.92 Å². The van der Waals surface area contributed by atoms with Crippen LogP contribution in [0.1, 0.15) is 5.69 Å². The zero-order chi connectivity index (χ0) is 19.0. The van der Waals surface area contributed by atoms with Crippen LogP contribution in [0.4, 0.5) is 5.82 Å². The molecule has 0 atom stereocenters. The first kappa shape index (κ1) is 18.0. The first-order valence-electron chi connectivity index (χ1n) is 8.26. The first-order chi connectivity index (χ1) is 13.0. The fraction of sp³-hybridized carbons (Fsp3) is 0.0476. The van der Waals surface area contributed by atoms with Crippen molar-refractivity contribution in [1.82, 2.24) is 9.97 Å². The Kier molecular flexibility index (Phi) is 4.87. The smallest absolute Gasteiger partial charge is 0.123 e. The summed E-state index contributed by atoms with van der Waals surface area (Å²) >= 11 is 13.9. The van der Waals surface area contributed by atoms with E-state index in [9.17, 15) is 0 Å². The molecule has 3 heterocycles. The van der Waals surface area contributed by atoms with Gasteiger partial charge in [-0.05, 0) is 66.6 Å². The molecule has 0 saturated carbocycles. The molecule has 0 aliphatic heterocycles. The molecular weight excluding hydrogens is 397 g/mol. The van der Waals surface area contributed by atoms with Crippen LogP contribution in [0.2, 0.25) is 10.0 Å². The van der Waals surface area contributed by atoms with Crippen LogP contribution in [-0.2, 0) is 0 Å². The van der Waals surface area contributed by atoms with E-state index in [-0.39, 0.29) is 0 Å². The Bertz CT molecular complexity index is 1120.